The zero-order valence-electron chi connectivity index (χ0n) is 20.2. The van der Waals surface area contributed by atoms with E-state index in [0.29, 0.717) is 0 Å². The molecule has 1 N–H and O–H groups in total. The van der Waals surface area contributed by atoms with E-state index in [0.717, 1.165) is 68.3 Å². The molecule has 8 heteroatoms. The number of amides is 1. The van der Waals surface area contributed by atoms with Crippen LogP contribution in [0.25, 0.3) is 10.2 Å². The van der Waals surface area contributed by atoms with Crippen molar-refractivity contribution in [3.63, 3.8) is 0 Å². The molecule has 0 radical (unpaired) electrons. The number of methoxy groups -OCH3 is 1. The van der Waals surface area contributed by atoms with Crippen molar-refractivity contribution in [2.24, 2.45) is 5.92 Å². The average molecular weight is 480 g/mol. The number of carbonyl (C=O) groups is 1. The first-order chi connectivity index (χ1) is 16.5. The molecule has 180 valence electrons. The van der Waals surface area contributed by atoms with Gasteiger partial charge in [0.2, 0.25) is 5.91 Å². The van der Waals surface area contributed by atoms with Gasteiger partial charge in [0.15, 0.2) is 0 Å². The molecule has 2 aromatic heterocycles. The fourth-order valence-corrected chi connectivity index (χ4v) is 6.14. The summed E-state index contributed by atoms with van der Waals surface area (Å²) in [4.78, 5) is 29.2. The summed E-state index contributed by atoms with van der Waals surface area (Å²) in [5.74, 6) is 2.20. The molecule has 4 heterocycles. The van der Waals surface area contributed by atoms with Gasteiger partial charge in [-0.2, -0.15) is 0 Å². The van der Waals surface area contributed by atoms with Gasteiger partial charge < -0.3 is 19.9 Å². The second-order valence-electron chi connectivity index (χ2n) is 9.39. The van der Waals surface area contributed by atoms with Crippen LogP contribution in [0.3, 0.4) is 0 Å². The Labute approximate surface area is 205 Å². The molecular weight excluding hydrogens is 446 g/mol. The lowest BCUT2D eigenvalue weighted by molar-refractivity contribution is -0.126. The molecule has 7 nitrogen and oxygen atoms in total. The van der Waals surface area contributed by atoms with E-state index >= 15 is 0 Å². The van der Waals surface area contributed by atoms with Crippen LogP contribution in [0.5, 0.6) is 5.75 Å². The van der Waals surface area contributed by atoms with Gasteiger partial charge in [-0.1, -0.05) is 0 Å². The molecule has 5 rings (SSSR count). The molecule has 0 aliphatic carbocycles. The van der Waals surface area contributed by atoms with Gasteiger partial charge >= 0.3 is 0 Å². The minimum atomic E-state index is 0.0819. The molecule has 1 amide bonds. The van der Waals surface area contributed by atoms with Crippen LogP contribution in [0.2, 0.25) is 0 Å². The van der Waals surface area contributed by atoms with Gasteiger partial charge in [0.25, 0.3) is 0 Å². The Hall–Kier alpha value is -2.87. The van der Waals surface area contributed by atoms with Gasteiger partial charge in [-0.25, -0.2) is 9.97 Å². The number of benzene rings is 1. The van der Waals surface area contributed by atoms with Crippen LogP contribution in [0.1, 0.15) is 36.1 Å². The van der Waals surface area contributed by atoms with E-state index in [1.54, 1.807) is 24.8 Å². The molecule has 0 atom stereocenters. The summed E-state index contributed by atoms with van der Waals surface area (Å²) < 4.78 is 5.26. The van der Waals surface area contributed by atoms with Crippen LogP contribution in [0.4, 0.5) is 11.5 Å². The standard InChI is InChI=1S/C26H33N5O2S/c1-17-18(2)34-26-23(17)24(27-16-28-26)31-12-8-19(9-13-31)25(32)29-20-10-14-30(15-11-20)21-4-6-22(33-3)7-5-21/h4-7,16,19-20H,8-15H2,1-3H3,(H,29,32). The van der Waals surface area contributed by atoms with E-state index in [-0.39, 0.29) is 17.9 Å². The van der Waals surface area contributed by atoms with E-state index in [9.17, 15) is 4.79 Å². The third kappa shape index (κ3) is 4.56. The lowest BCUT2D eigenvalue weighted by Gasteiger charge is -2.36. The number of hydrogen-bond donors (Lipinski definition) is 1. The first kappa shape index (κ1) is 22.9. The molecule has 0 bridgehead atoms. The van der Waals surface area contributed by atoms with Crippen molar-refractivity contribution < 1.29 is 9.53 Å². The highest BCUT2D eigenvalue weighted by molar-refractivity contribution is 7.18. The van der Waals surface area contributed by atoms with E-state index in [1.807, 2.05) is 12.1 Å². The van der Waals surface area contributed by atoms with E-state index in [4.69, 9.17) is 4.74 Å². The number of nitrogens with zero attached hydrogens (tertiary/aromatic N) is 4. The zero-order valence-corrected chi connectivity index (χ0v) is 21.0. The molecule has 0 unspecified atom stereocenters. The van der Waals surface area contributed by atoms with Gasteiger partial charge in [0.1, 0.15) is 22.7 Å². The maximum Gasteiger partial charge on any atom is 0.223 e. The number of rotatable bonds is 5. The number of aromatic nitrogens is 2. The van der Waals surface area contributed by atoms with E-state index < -0.39 is 0 Å². The van der Waals surface area contributed by atoms with Crippen molar-refractivity contribution in [1.82, 2.24) is 15.3 Å². The molecule has 0 saturated carbocycles. The number of aryl methyl sites for hydroxylation is 2. The largest absolute Gasteiger partial charge is 0.497 e. The summed E-state index contributed by atoms with van der Waals surface area (Å²) in [6.45, 7) is 7.92. The molecule has 1 aromatic carbocycles. The number of carbonyl (C=O) groups excluding carboxylic acids is 1. The number of ether oxygens (including phenoxy) is 1. The number of piperidine rings is 2. The number of hydrogen-bond acceptors (Lipinski definition) is 7. The predicted octanol–water partition coefficient (Wildman–Crippen LogP) is 4.32. The van der Waals surface area contributed by atoms with Crippen molar-refractivity contribution >= 4 is 39.0 Å². The summed E-state index contributed by atoms with van der Waals surface area (Å²) in [5, 5.41) is 4.52. The predicted molar refractivity (Wildman–Crippen MR) is 138 cm³/mol. The maximum absolute atomic E-state index is 13.0. The highest BCUT2D eigenvalue weighted by Gasteiger charge is 2.29. The lowest BCUT2D eigenvalue weighted by atomic mass is 9.94. The second kappa shape index (κ2) is 9.78. The number of thiophene rings is 1. The quantitative estimate of drug-likeness (QED) is 0.588. The van der Waals surface area contributed by atoms with Gasteiger partial charge in [0, 0.05) is 48.7 Å². The first-order valence-corrected chi connectivity index (χ1v) is 13.0. The van der Waals surface area contributed by atoms with Crippen molar-refractivity contribution in [2.45, 2.75) is 45.6 Å². The molecule has 0 spiro atoms. The van der Waals surface area contributed by atoms with Gasteiger partial charge in [-0.3, -0.25) is 4.79 Å². The van der Waals surface area contributed by atoms with Crippen LogP contribution >= 0.6 is 11.3 Å². The van der Waals surface area contributed by atoms with Gasteiger partial charge in [-0.05, 0) is 69.4 Å². The highest BCUT2D eigenvalue weighted by Crippen LogP contribution is 2.35. The van der Waals surface area contributed by atoms with Crippen LogP contribution in [-0.4, -0.2) is 55.2 Å². The molecule has 3 aromatic rings. The smallest absolute Gasteiger partial charge is 0.223 e. The first-order valence-electron chi connectivity index (χ1n) is 12.2. The minimum Gasteiger partial charge on any atom is -0.497 e. The fraction of sp³-hybridized carbons (Fsp3) is 0.500. The molecular formula is C26H33N5O2S. The van der Waals surface area contributed by atoms with Crippen LogP contribution in [0, 0.1) is 19.8 Å². The van der Waals surface area contributed by atoms with E-state index in [2.05, 4.69) is 51.1 Å². The fourth-order valence-electron chi connectivity index (χ4n) is 5.15. The highest BCUT2D eigenvalue weighted by atomic mass is 32.1. The number of nitrogens with one attached hydrogen (secondary N) is 1. The van der Waals surface area contributed by atoms with Crippen LogP contribution in [0.15, 0.2) is 30.6 Å². The van der Waals surface area contributed by atoms with Gasteiger partial charge in [-0.15, -0.1) is 11.3 Å². The Kier molecular flexibility index (Phi) is 6.59. The lowest BCUT2D eigenvalue weighted by Crippen LogP contribution is -2.48. The van der Waals surface area contributed by atoms with Crippen LogP contribution < -0.4 is 19.9 Å². The van der Waals surface area contributed by atoms with Crippen LogP contribution in [-0.2, 0) is 4.79 Å². The molecule has 2 aliphatic heterocycles. The van der Waals surface area contributed by atoms with E-state index in [1.165, 1.54) is 21.5 Å². The number of fused-ring (bicyclic) bond motifs is 1. The molecule has 34 heavy (non-hydrogen) atoms. The molecule has 2 aliphatic rings. The topological polar surface area (TPSA) is 70.6 Å². The van der Waals surface area contributed by atoms with Crippen molar-refractivity contribution in [3.05, 3.63) is 41.0 Å². The minimum absolute atomic E-state index is 0.0819. The average Bonchev–Trinajstić information content (AvgIpc) is 3.18. The summed E-state index contributed by atoms with van der Waals surface area (Å²) in [7, 11) is 1.69. The summed E-state index contributed by atoms with van der Waals surface area (Å²) in [6, 6.07) is 8.48. The summed E-state index contributed by atoms with van der Waals surface area (Å²) in [5.41, 5.74) is 2.49. The molecule has 2 fully saturated rings. The third-order valence-electron chi connectivity index (χ3n) is 7.39. The Balaban J connectivity index is 1.13. The Morgan fingerprint density at radius 1 is 1.00 bits per heavy atom. The number of anilines is 2. The zero-order chi connectivity index (χ0) is 23.7. The monoisotopic (exact) mass is 479 g/mol. The molecule has 2 saturated heterocycles. The maximum atomic E-state index is 13.0. The summed E-state index contributed by atoms with van der Waals surface area (Å²) in [6.07, 6.45) is 5.36. The normalized spacial score (nSPS) is 17.9. The Morgan fingerprint density at radius 3 is 2.35 bits per heavy atom. The Bertz CT molecular complexity index is 1150. The third-order valence-corrected chi connectivity index (χ3v) is 8.50. The Morgan fingerprint density at radius 2 is 1.68 bits per heavy atom. The van der Waals surface area contributed by atoms with Crippen molar-refractivity contribution in [1.29, 1.82) is 0 Å². The van der Waals surface area contributed by atoms with Crippen molar-refractivity contribution in [3.8, 4) is 5.75 Å². The SMILES string of the molecule is COc1ccc(N2CCC(NC(=O)C3CCN(c4ncnc5sc(C)c(C)c45)CC3)CC2)cc1. The van der Waals surface area contributed by atoms with Gasteiger partial charge in [0.05, 0.1) is 12.5 Å². The second-order valence-corrected chi connectivity index (χ2v) is 10.6. The summed E-state index contributed by atoms with van der Waals surface area (Å²) >= 11 is 1.73. The van der Waals surface area contributed by atoms with Crippen molar-refractivity contribution in [2.75, 3.05) is 43.1 Å².